The van der Waals surface area contributed by atoms with E-state index in [0.717, 1.165) is 5.56 Å². The van der Waals surface area contributed by atoms with Gasteiger partial charge in [-0.25, -0.2) is 4.98 Å². The lowest BCUT2D eigenvalue weighted by molar-refractivity contribution is -0.116. The summed E-state index contributed by atoms with van der Waals surface area (Å²) in [7, 11) is 0. The van der Waals surface area contributed by atoms with Crippen molar-refractivity contribution in [3.63, 3.8) is 0 Å². The fourth-order valence-corrected chi connectivity index (χ4v) is 2.36. The highest BCUT2D eigenvalue weighted by molar-refractivity contribution is 5.92. The Hall–Kier alpha value is -3.22. The third kappa shape index (κ3) is 4.66. The number of nitrogens with one attached hydrogen (secondary N) is 1. The maximum Gasteiger partial charge on any atom is 0.387 e. The van der Waals surface area contributed by atoms with Gasteiger partial charge >= 0.3 is 6.61 Å². The normalized spacial score (nSPS) is 10.7. The molecule has 0 aliphatic rings. The molecule has 0 atom stereocenters. The third-order valence-corrected chi connectivity index (χ3v) is 3.56. The molecule has 0 spiro atoms. The average molecular weight is 358 g/mol. The summed E-state index contributed by atoms with van der Waals surface area (Å²) in [6.45, 7) is -2.96. The number of halogens is 2. The minimum absolute atomic E-state index is 0.0849. The number of aromatic nitrogens is 1. The second-order valence-electron chi connectivity index (χ2n) is 5.41. The molecule has 0 fully saturated rings. The molecule has 26 heavy (non-hydrogen) atoms. The fourth-order valence-electron chi connectivity index (χ4n) is 2.36. The zero-order valence-corrected chi connectivity index (χ0v) is 13.7. The molecule has 3 rings (SSSR count). The zero-order chi connectivity index (χ0) is 18.4. The van der Waals surface area contributed by atoms with Crippen molar-refractivity contribution in [3.8, 4) is 17.1 Å². The Morgan fingerprint density at radius 2 is 1.85 bits per heavy atom. The maximum atomic E-state index is 12.4. The van der Waals surface area contributed by atoms with Crippen molar-refractivity contribution < 1.29 is 22.7 Å². The highest BCUT2D eigenvalue weighted by Gasteiger charge is 2.13. The molecule has 0 saturated carbocycles. The summed E-state index contributed by atoms with van der Waals surface area (Å²) in [5.41, 5.74) is 1.09. The lowest BCUT2D eigenvalue weighted by atomic mass is 10.2. The third-order valence-electron chi connectivity index (χ3n) is 3.56. The van der Waals surface area contributed by atoms with Crippen molar-refractivity contribution in [2.75, 3.05) is 5.32 Å². The number of alkyl halides is 2. The van der Waals surface area contributed by atoms with Gasteiger partial charge in [-0.1, -0.05) is 42.5 Å². The van der Waals surface area contributed by atoms with Crippen molar-refractivity contribution in [1.82, 2.24) is 4.98 Å². The number of aryl methyl sites for hydroxylation is 1. The van der Waals surface area contributed by atoms with Crippen LogP contribution in [0.3, 0.4) is 0 Å². The largest absolute Gasteiger partial charge is 0.441 e. The molecule has 7 heteroatoms. The molecule has 0 aliphatic carbocycles. The van der Waals surface area contributed by atoms with Crippen molar-refractivity contribution in [3.05, 3.63) is 66.7 Å². The van der Waals surface area contributed by atoms with Crippen LogP contribution in [0.4, 0.5) is 14.5 Å². The first kappa shape index (κ1) is 17.6. The fraction of sp³-hybridized carbons (Fsp3) is 0.158. The molecule has 1 amide bonds. The van der Waals surface area contributed by atoms with Gasteiger partial charge in [0.2, 0.25) is 5.91 Å². The van der Waals surface area contributed by atoms with Crippen LogP contribution >= 0.6 is 0 Å². The summed E-state index contributed by atoms with van der Waals surface area (Å²) >= 11 is 0. The molecule has 134 valence electrons. The molecule has 1 heterocycles. The average Bonchev–Trinajstić information content (AvgIpc) is 3.11. The molecular weight excluding hydrogens is 342 g/mol. The van der Waals surface area contributed by atoms with E-state index in [1.165, 1.54) is 12.1 Å². The molecule has 0 unspecified atom stereocenters. The number of hydrogen-bond donors (Lipinski definition) is 1. The van der Waals surface area contributed by atoms with Crippen LogP contribution in [0.5, 0.6) is 5.75 Å². The second-order valence-corrected chi connectivity index (χ2v) is 5.41. The molecule has 2 aromatic carbocycles. The number of oxazole rings is 1. The van der Waals surface area contributed by atoms with Gasteiger partial charge < -0.3 is 14.5 Å². The van der Waals surface area contributed by atoms with Gasteiger partial charge in [-0.3, -0.25) is 4.79 Å². The van der Waals surface area contributed by atoms with Crippen LogP contribution in [0.1, 0.15) is 12.3 Å². The minimum Gasteiger partial charge on any atom is -0.441 e. The number of anilines is 1. The number of carbonyl (C=O) groups excluding carboxylic acids is 1. The molecule has 1 aromatic heterocycles. The van der Waals surface area contributed by atoms with Crippen LogP contribution in [-0.2, 0) is 11.2 Å². The van der Waals surface area contributed by atoms with Crippen LogP contribution in [0.25, 0.3) is 11.3 Å². The van der Waals surface area contributed by atoms with Gasteiger partial charge in [-0.15, -0.1) is 0 Å². The Labute approximate surface area is 148 Å². The highest BCUT2D eigenvalue weighted by Crippen LogP contribution is 2.26. The monoisotopic (exact) mass is 358 g/mol. The molecule has 5 nitrogen and oxygen atoms in total. The highest BCUT2D eigenvalue weighted by atomic mass is 19.3. The smallest absolute Gasteiger partial charge is 0.387 e. The van der Waals surface area contributed by atoms with Crippen LogP contribution < -0.4 is 10.1 Å². The SMILES string of the molecule is O=C(CCc1ncc(-c2ccccc2)o1)Nc1ccccc1OC(F)F. The standard InChI is InChI=1S/C19H16F2N2O3/c20-19(21)26-15-9-5-4-8-14(15)23-17(24)10-11-18-22-12-16(25-18)13-6-2-1-3-7-13/h1-9,12,19H,10-11H2,(H,23,24). The lowest BCUT2D eigenvalue weighted by Gasteiger charge is -2.11. The number of carbonyl (C=O) groups is 1. The molecule has 0 bridgehead atoms. The van der Waals surface area contributed by atoms with Crippen molar-refractivity contribution in [1.29, 1.82) is 0 Å². The number of nitrogens with zero attached hydrogens (tertiary/aromatic N) is 1. The summed E-state index contributed by atoms with van der Waals surface area (Å²) in [5.74, 6) is 0.612. The van der Waals surface area contributed by atoms with Gasteiger partial charge in [0.05, 0.1) is 11.9 Å². The minimum atomic E-state index is -2.96. The number of rotatable bonds is 7. The number of benzene rings is 2. The van der Waals surface area contributed by atoms with E-state index in [0.29, 0.717) is 11.7 Å². The van der Waals surface area contributed by atoms with Crippen molar-refractivity contribution >= 4 is 11.6 Å². The van der Waals surface area contributed by atoms with E-state index in [1.807, 2.05) is 30.3 Å². The van der Waals surface area contributed by atoms with Gasteiger partial charge in [-0.2, -0.15) is 8.78 Å². The maximum absolute atomic E-state index is 12.4. The van der Waals surface area contributed by atoms with Gasteiger partial charge in [0.1, 0.15) is 5.75 Å². The Bertz CT molecular complexity index is 866. The Balaban J connectivity index is 1.58. The molecule has 0 saturated heterocycles. The zero-order valence-electron chi connectivity index (χ0n) is 13.7. The summed E-state index contributed by atoms with van der Waals surface area (Å²) in [6.07, 6.45) is 1.99. The van der Waals surface area contributed by atoms with Gasteiger partial charge in [0.15, 0.2) is 11.7 Å². The summed E-state index contributed by atoms with van der Waals surface area (Å²) in [5, 5.41) is 2.56. The van der Waals surface area contributed by atoms with Crippen LogP contribution in [-0.4, -0.2) is 17.5 Å². The van der Waals surface area contributed by atoms with Crippen LogP contribution in [0, 0.1) is 0 Å². The summed E-state index contributed by atoms with van der Waals surface area (Å²) in [4.78, 5) is 16.2. The first-order valence-corrected chi connectivity index (χ1v) is 7.95. The number of ether oxygens (including phenoxy) is 1. The summed E-state index contributed by atoms with van der Waals surface area (Å²) < 4.78 is 34.8. The Morgan fingerprint density at radius 3 is 2.62 bits per heavy atom. The summed E-state index contributed by atoms with van der Waals surface area (Å²) in [6, 6.07) is 15.5. The van der Waals surface area contributed by atoms with E-state index in [9.17, 15) is 13.6 Å². The lowest BCUT2D eigenvalue weighted by Crippen LogP contribution is -2.14. The molecule has 1 N–H and O–H groups in total. The first-order valence-electron chi connectivity index (χ1n) is 7.95. The molecule has 3 aromatic rings. The number of amides is 1. The molecule has 0 aliphatic heterocycles. The molecule has 0 radical (unpaired) electrons. The predicted octanol–water partition coefficient (Wildman–Crippen LogP) is 4.51. The van der Waals surface area contributed by atoms with Crippen LogP contribution in [0.15, 0.2) is 65.2 Å². The van der Waals surface area contributed by atoms with E-state index in [1.54, 1.807) is 18.3 Å². The van der Waals surface area contributed by atoms with Crippen molar-refractivity contribution in [2.24, 2.45) is 0 Å². The van der Waals surface area contributed by atoms with Crippen LogP contribution in [0.2, 0.25) is 0 Å². The number of hydrogen-bond acceptors (Lipinski definition) is 4. The van der Waals surface area contributed by atoms with E-state index < -0.39 is 6.61 Å². The quantitative estimate of drug-likeness (QED) is 0.675. The topological polar surface area (TPSA) is 64.4 Å². The van der Waals surface area contributed by atoms with Gasteiger partial charge in [0, 0.05) is 18.4 Å². The molecular formula is C19H16F2N2O3. The van der Waals surface area contributed by atoms with Gasteiger partial charge in [-0.05, 0) is 12.1 Å². The first-order chi connectivity index (χ1) is 12.6. The Morgan fingerprint density at radius 1 is 1.12 bits per heavy atom. The van der Waals surface area contributed by atoms with Crippen molar-refractivity contribution in [2.45, 2.75) is 19.5 Å². The van der Waals surface area contributed by atoms with E-state index in [2.05, 4.69) is 15.0 Å². The van der Waals surface area contributed by atoms with Gasteiger partial charge in [0.25, 0.3) is 0 Å². The van der Waals surface area contributed by atoms with E-state index in [-0.39, 0.29) is 30.2 Å². The second kappa shape index (κ2) is 8.24. The van der Waals surface area contributed by atoms with E-state index >= 15 is 0 Å². The predicted molar refractivity (Wildman–Crippen MR) is 92.0 cm³/mol. The van der Waals surface area contributed by atoms with E-state index in [4.69, 9.17) is 4.42 Å². The Kier molecular flexibility index (Phi) is 5.58. The number of para-hydroxylation sites is 2.